The number of carbonyl (C=O) groups excluding carboxylic acids is 2. The molecule has 1 atom stereocenters. The summed E-state index contributed by atoms with van der Waals surface area (Å²) < 4.78 is 45.1. The second kappa shape index (κ2) is 14.6. The predicted molar refractivity (Wildman–Crippen MR) is 161 cm³/mol. The van der Waals surface area contributed by atoms with Crippen LogP contribution in [0.1, 0.15) is 32.8 Å². The van der Waals surface area contributed by atoms with Crippen molar-refractivity contribution in [2.24, 2.45) is 0 Å². The Morgan fingerprint density at radius 3 is 1.93 bits per heavy atom. The molecule has 0 aliphatic carbocycles. The highest BCUT2D eigenvalue weighted by Gasteiger charge is 2.34. The fraction of sp³-hybridized carbons (Fsp3) is 0.355. The van der Waals surface area contributed by atoms with Crippen LogP contribution in [0.3, 0.4) is 0 Å². The van der Waals surface area contributed by atoms with E-state index in [1.807, 2.05) is 20.8 Å². The molecule has 42 heavy (non-hydrogen) atoms. The van der Waals surface area contributed by atoms with Gasteiger partial charge in [0, 0.05) is 12.6 Å². The number of benzene rings is 3. The van der Waals surface area contributed by atoms with Crippen LogP contribution in [0.15, 0.2) is 77.7 Å². The Morgan fingerprint density at radius 2 is 1.40 bits per heavy atom. The van der Waals surface area contributed by atoms with Crippen LogP contribution >= 0.6 is 0 Å². The van der Waals surface area contributed by atoms with E-state index in [1.54, 1.807) is 55.6 Å². The number of nitrogens with one attached hydrogen (secondary N) is 1. The van der Waals surface area contributed by atoms with Gasteiger partial charge in [0.05, 0.1) is 31.9 Å². The van der Waals surface area contributed by atoms with Crippen LogP contribution in [0.25, 0.3) is 0 Å². The lowest BCUT2D eigenvalue weighted by atomic mass is 10.1. The van der Waals surface area contributed by atoms with Gasteiger partial charge in [-0.05, 0) is 74.4 Å². The maximum absolute atomic E-state index is 14.2. The Hall–Kier alpha value is -4.25. The van der Waals surface area contributed by atoms with E-state index in [9.17, 15) is 18.0 Å². The summed E-state index contributed by atoms with van der Waals surface area (Å²) in [6.45, 7) is 4.99. The zero-order valence-electron chi connectivity index (χ0n) is 24.9. The molecule has 0 radical (unpaired) electrons. The van der Waals surface area contributed by atoms with Crippen molar-refractivity contribution in [1.82, 2.24) is 10.2 Å². The molecular formula is C31H39N3O7S. The van der Waals surface area contributed by atoms with Gasteiger partial charge in [-0.1, -0.05) is 31.2 Å². The van der Waals surface area contributed by atoms with Crippen LogP contribution in [0.2, 0.25) is 0 Å². The zero-order valence-corrected chi connectivity index (χ0v) is 25.7. The van der Waals surface area contributed by atoms with E-state index in [4.69, 9.17) is 14.2 Å². The standard InChI is InChI=1S/C31H39N3O7S/c1-7-27(31(36)32-22(2)3)33(20-23-12-14-24(39-4)15-13-23)30(35)21-34(28-10-8-9-11-29(28)41-6)42(37,38)26-18-16-25(40-5)17-19-26/h8-19,22,27H,7,20-21H2,1-6H3,(H,32,36). The van der Waals surface area contributed by atoms with E-state index in [1.165, 1.54) is 43.4 Å². The lowest BCUT2D eigenvalue weighted by molar-refractivity contribution is -0.140. The second-order valence-electron chi connectivity index (χ2n) is 9.82. The van der Waals surface area contributed by atoms with Crippen molar-refractivity contribution in [3.63, 3.8) is 0 Å². The molecule has 226 valence electrons. The highest BCUT2D eigenvalue weighted by Crippen LogP contribution is 2.33. The molecular weight excluding hydrogens is 558 g/mol. The van der Waals surface area contributed by atoms with Crippen LogP contribution in [-0.2, 0) is 26.2 Å². The normalized spacial score (nSPS) is 11.9. The molecule has 0 heterocycles. The van der Waals surface area contributed by atoms with Gasteiger partial charge in [0.25, 0.3) is 10.0 Å². The van der Waals surface area contributed by atoms with Gasteiger partial charge in [0.15, 0.2) is 0 Å². The molecule has 10 nitrogen and oxygen atoms in total. The molecule has 0 fully saturated rings. The summed E-state index contributed by atoms with van der Waals surface area (Å²) in [5.41, 5.74) is 0.940. The van der Waals surface area contributed by atoms with E-state index in [2.05, 4.69) is 5.32 Å². The van der Waals surface area contributed by atoms with Crippen molar-refractivity contribution in [3.05, 3.63) is 78.4 Å². The van der Waals surface area contributed by atoms with Gasteiger partial charge in [0.2, 0.25) is 11.8 Å². The average Bonchev–Trinajstić information content (AvgIpc) is 2.99. The van der Waals surface area contributed by atoms with Crippen LogP contribution in [0.4, 0.5) is 5.69 Å². The molecule has 0 saturated heterocycles. The molecule has 1 N–H and O–H groups in total. The molecule has 1 unspecified atom stereocenters. The lowest BCUT2D eigenvalue weighted by Gasteiger charge is -2.33. The van der Waals surface area contributed by atoms with Crippen molar-refractivity contribution in [1.29, 1.82) is 0 Å². The Kier molecular flexibility index (Phi) is 11.2. The first kappa shape index (κ1) is 32.3. The summed E-state index contributed by atoms with van der Waals surface area (Å²) in [5.74, 6) is 0.528. The van der Waals surface area contributed by atoms with Gasteiger partial charge >= 0.3 is 0 Å². The number of methoxy groups -OCH3 is 3. The number of sulfonamides is 1. The van der Waals surface area contributed by atoms with Crippen molar-refractivity contribution in [2.75, 3.05) is 32.2 Å². The van der Waals surface area contributed by atoms with E-state index < -0.39 is 28.5 Å². The monoisotopic (exact) mass is 597 g/mol. The topological polar surface area (TPSA) is 114 Å². The third-order valence-corrected chi connectivity index (χ3v) is 8.38. The summed E-state index contributed by atoms with van der Waals surface area (Å²) in [5, 5.41) is 2.89. The number of hydrogen-bond acceptors (Lipinski definition) is 7. The number of amides is 2. The van der Waals surface area contributed by atoms with Crippen molar-refractivity contribution < 1.29 is 32.2 Å². The first-order chi connectivity index (χ1) is 20.0. The quantitative estimate of drug-likeness (QED) is 0.296. The Bertz CT molecular complexity index is 1440. The molecule has 3 aromatic carbocycles. The molecule has 0 aliphatic rings. The minimum atomic E-state index is -4.26. The number of carbonyl (C=O) groups is 2. The summed E-state index contributed by atoms with van der Waals surface area (Å²) in [7, 11) is 0.214. The summed E-state index contributed by atoms with van der Waals surface area (Å²) in [6, 6.07) is 18.6. The molecule has 11 heteroatoms. The number of ether oxygens (including phenoxy) is 3. The van der Waals surface area contributed by atoms with Crippen molar-refractivity contribution in [2.45, 2.75) is 50.7 Å². The summed E-state index contributed by atoms with van der Waals surface area (Å²) >= 11 is 0. The Labute approximate surface area is 248 Å². The molecule has 3 aromatic rings. The molecule has 3 rings (SSSR count). The molecule has 0 bridgehead atoms. The lowest BCUT2D eigenvalue weighted by Crippen LogP contribution is -2.53. The minimum Gasteiger partial charge on any atom is -0.497 e. The van der Waals surface area contributed by atoms with Crippen molar-refractivity contribution in [3.8, 4) is 17.2 Å². The predicted octanol–water partition coefficient (Wildman–Crippen LogP) is 4.24. The van der Waals surface area contributed by atoms with Crippen LogP contribution < -0.4 is 23.8 Å². The van der Waals surface area contributed by atoms with Gasteiger partial charge in [-0.25, -0.2) is 8.42 Å². The maximum Gasteiger partial charge on any atom is 0.264 e. The minimum absolute atomic E-state index is 0.0340. The SMILES string of the molecule is CCC(C(=O)NC(C)C)N(Cc1ccc(OC)cc1)C(=O)CN(c1ccccc1OC)S(=O)(=O)c1ccc(OC)cc1. The molecule has 0 spiro atoms. The van der Waals surface area contributed by atoms with Crippen molar-refractivity contribution >= 4 is 27.5 Å². The smallest absolute Gasteiger partial charge is 0.264 e. The van der Waals surface area contributed by atoms with E-state index in [0.29, 0.717) is 17.9 Å². The van der Waals surface area contributed by atoms with Crippen LogP contribution in [-0.4, -0.2) is 65.1 Å². The molecule has 0 saturated carbocycles. The van der Waals surface area contributed by atoms with Gasteiger partial charge in [-0.2, -0.15) is 0 Å². The van der Waals surface area contributed by atoms with E-state index >= 15 is 0 Å². The Balaban J connectivity index is 2.09. The van der Waals surface area contributed by atoms with Gasteiger partial charge in [-0.15, -0.1) is 0 Å². The number of para-hydroxylation sites is 2. The highest BCUT2D eigenvalue weighted by molar-refractivity contribution is 7.92. The first-order valence-electron chi connectivity index (χ1n) is 13.6. The number of anilines is 1. The van der Waals surface area contributed by atoms with Crippen LogP contribution in [0.5, 0.6) is 17.2 Å². The van der Waals surface area contributed by atoms with Gasteiger partial charge < -0.3 is 24.4 Å². The third-order valence-electron chi connectivity index (χ3n) is 6.61. The maximum atomic E-state index is 14.2. The summed E-state index contributed by atoms with van der Waals surface area (Å²) in [4.78, 5) is 28.8. The highest BCUT2D eigenvalue weighted by atomic mass is 32.2. The molecule has 2 amide bonds. The average molecular weight is 598 g/mol. The number of rotatable bonds is 14. The Morgan fingerprint density at radius 1 is 0.833 bits per heavy atom. The number of nitrogens with zero attached hydrogens (tertiary/aromatic N) is 2. The molecule has 0 aliphatic heterocycles. The van der Waals surface area contributed by atoms with E-state index in [-0.39, 0.29) is 34.8 Å². The van der Waals surface area contributed by atoms with Gasteiger partial charge in [-0.3, -0.25) is 13.9 Å². The largest absolute Gasteiger partial charge is 0.497 e. The fourth-order valence-corrected chi connectivity index (χ4v) is 5.88. The van der Waals surface area contributed by atoms with Crippen LogP contribution in [0, 0.1) is 0 Å². The number of hydrogen-bond donors (Lipinski definition) is 1. The second-order valence-corrected chi connectivity index (χ2v) is 11.7. The zero-order chi connectivity index (χ0) is 30.9. The molecule has 0 aromatic heterocycles. The van der Waals surface area contributed by atoms with Gasteiger partial charge in [0.1, 0.15) is 29.8 Å². The first-order valence-corrected chi connectivity index (χ1v) is 15.0. The van der Waals surface area contributed by atoms with E-state index in [0.717, 1.165) is 9.87 Å². The summed E-state index contributed by atoms with van der Waals surface area (Å²) in [6.07, 6.45) is 0.320. The fourth-order valence-electron chi connectivity index (χ4n) is 4.45. The third kappa shape index (κ3) is 7.73.